The van der Waals surface area contributed by atoms with Crippen molar-refractivity contribution in [3.63, 3.8) is 0 Å². The summed E-state index contributed by atoms with van der Waals surface area (Å²) in [4.78, 5) is 21.4. The number of fused-ring (bicyclic) bond motifs is 1. The summed E-state index contributed by atoms with van der Waals surface area (Å²) in [6.07, 6.45) is 4.86. The summed E-state index contributed by atoms with van der Waals surface area (Å²) in [7, 11) is 0. The van der Waals surface area contributed by atoms with Gasteiger partial charge in [-0.05, 0) is 69.1 Å². The molecule has 1 N–H and O–H groups in total. The Labute approximate surface area is 193 Å². The van der Waals surface area contributed by atoms with Crippen molar-refractivity contribution in [2.45, 2.75) is 48.6 Å². The second-order valence-electron chi connectivity index (χ2n) is 8.07. The van der Waals surface area contributed by atoms with Crippen molar-refractivity contribution in [3.8, 4) is 0 Å². The molecule has 1 saturated heterocycles. The lowest BCUT2D eigenvalue weighted by molar-refractivity contribution is 0.0950. The summed E-state index contributed by atoms with van der Waals surface area (Å²) in [6.45, 7) is 5.20. The molecule has 2 aromatic carbocycles. The van der Waals surface area contributed by atoms with Crippen molar-refractivity contribution < 1.29 is 4.79 Å². The van der Waals surface area contributed by atoms with Gasteiger partial charge in [0.1, 0.15) is 5.03 Å². The molecule has 1 aliphatic rings. The number of hydrogen-bond donors (Lipinski definition) is 1. The fraction of sp³-hybridized carbons (Fsp3) is 0.360. The highest BCUT2D eigenvalue weighted by Crippen LogP contribution is 2.30. The van der Waals surface area contributed by atoms with Gasteiger partial charge in [0.15, 0.2) is 0 Å². The predicted molar refractivity (Wildman–Crippen MR) is 129 cm³/mol. The van der Waals surface area contributed by atoms with Crippen molar-refractivity contribution in [1.29, 1.82) is 0 Å². The third-order valence-electron chi connectivity index (χ3n) is 5.82. The molecule has 1 aromatic heterocycles. The van der Waals surface area contributed by atoms with E-state index in [0.717, 1.165) is 33.8 Å². The van der Waals surface area contributed by atoms with E-state index in [2.05, 4.69) is 17.1 Å². The number of pyridine rings is 1. The molecule has 6 heteroatoms. The zero-order chi connectivity index (χ0) is 21.6. The van der Waals surface area contributed by atoms with E-state index >= 15 is 0 Å². The zero-order valence-electron chi connectivity index (χ0n) is 17.8. The standard InChI is InChI=1S/C25H28ClN3OS/c1-18-7-4-5-15-29(18)16-6-14-27-25(30)22-17-24(28-23-9-3-2-8-21(22)23)31-20-12-10-19(26)11-13-20/h2-3,8-13,17-18H,4-7,14-16H2,1H3,(H,27,30)/t18-/m1/s1. The molecule has 3 aromatic rings. The fourth-order valence-corrected chi connectivity index (χ4v) is 5.04. The fourth-order valence-electron chi connectivity index (χ4n) is 4.08. The van der Waals surface area contributed by atoms with Crippen LogP contribution in [0.5, 0.6) is 0 Å². The molecule has 0 unspecified atom stereocenters. The second-order valence-corrected chi connectivity index (χ2v) is 9.60. The van der Waals surface area contributed by atoms with Crippen LogP contribution in [-0.2, 0) is 0 Å². The van der Waals surface area contributed by atoms with Crippen molar-refractivity contribution in [2.24, 2.45) is 0 Å². The smallest absolute Gasteiger partial charge is 0.252 e. The predicted octanol–water partition coefficient (Wildman–Crippen LogP) is 6.03. The molecule has 1 atom stereocenters. The molecule has 1 amide bonds. The number of carbonyl (C=O) groups is 1. The number of nitrogens with zero attached hydrogens (tertiary/aromatic N) is 2. The van der Waals surface area contributed by atoms with Gasteiger partial charge in [-0.2, -0.15) is 0 Å². The number of likely N-dealkylation sites (tertiary alicyclic amines) is 1. The highest BCUT2D eigenvalue weighted by Gasteiger charge is 2.18. The molecule has 2 heterocycles. The van der Waals surface area contributed by atoms with Crippen LogP contribution in [0.25, 0.3) is 10.9 Å². The second kappa shape index (κ2) is 10.5. The van der Waals surface area contributed by atoms with E-state index in [1.165, 1.54) is 37.6 Å². The van der Waals surface area contributed by atoms with Crippen LogP contribution in [0, 0.1) is 0 Å². The van der Waals surface area contributed by atoms with E-state index in [1.54, 1.807) is 0 Å². The molecule has 31 heavy (non-hydrogen) atoms. The highest BCUT2D eigenvalue weighted by molar-refractivity contribution is 7.99. The molecule has 162 valence electrons. The maximum absolute atomic E-state index is 13.0. The van der Waals surface area contributed by atoms with Gasteiger partial charge in [-0.1, -0.05) is 48.0 Å². The van der Waals surface area contributed by atoms with Crippen LogP contribution >= 0.6 is 23.4 Å². The number of amides is 1. The Hall–Kier alpha value is -2.08. The normalized spacial score (nSPS) is 17.0. The summed E-state index contributed by atoms with van der Waals surface area (Å²) < 4.78 is 0. The van der Waals surface area contributed by atoms with Gasteiger partial charge in [0.05, 0.1) is 11.1 Å². The summed E-state index contributed by atoms with van der Waals surface area (Å²) in [5, 5.41) is 5.51. The van der Waals surface area contributed by atoms with Gasteiger partial charge >= 0.3 is 0 Å². The minimum absolute atomic E-state index is 0.0387. The minimum atomic E-state index is -0.0387. The Morgan fingerprint density at radius 1 is 1.19 bits per heavy atom. The number of hydrogen-bond acceptors (Lipinski definition) is 4. The Kier molecular flexibility index (Phi) is 7.49. The Morgan fingerprint density at radius 3 is 2.81 bits per heavy atom. The molecule has 4 rings (SSSR count). The SMILES string of the molecule is C[C@@H]1CCCCN1CCCNC(=O)c1cc(Sc2ccc(Cl)cc2)nc2ccccc12. The summed E-state index contributed by atoms with van der Waals surface area (Å²) >= 11 is 7.53. The van der Waals surface area contributed by atoms with E-state index < -0.39 is 0 Å². The minimum Gasteiger partial charge on any atom is -0.352 e. The van der Waals surface area contributed by atoms with Gasteiger partial charge in [0.25, 0.3) is 5.91 Å². The maximum atomic E-state index is 13.0. The van der Waals surface area contributed by atoms with Gasteiger partial charge in [-0.15, -0.1) is 0 Å². The van der Waals surface area contributed by atoms with Gasteiger partial charge in [-0.3, -0.25) is 4.79 Å². The number of rotatable bonds is 7. The van der Waals surface area contributed by atoms with E-state index in [-0.39, 0.29) is 5.91 Å². The maximum Gasteiger partial charge on any atom is 0.252 e. The van der Waals surface area contributed by atoms with Crippen molar-refractivity contribution in [3.05, 3.63) is 65.2 Å². The lowest BCUT2D eigenvalue weighted by Gasteiger charge is -2.33. The Balaban J connectivity index is 1.45. The summed E-state index contributed by atoms with van der Waals surface area (Å²) in [6, 6.07) is 18.0. The molecule has 0 radical (unpaired) electrons. The number of nitrogens with one attached hydrogen (secondary N) is 1. The first-order valence-electron chi connectivity index (χ1n) is 11.0. The average molecular weight is 454 g/mol. The molecule has 1 fully saturated rings. The molecular formula is C25H28ClN3OS. The highest BCUT2D eigenvalue weighted by atomic mass is 35.5. The first kappa shape index (κ1) is 22.1. The lowest BCUT2D eigenvalue weighted by Crippen LogP contribution is -2.39. The number of halogens is 1. The van der Waals surface area contributed by atoms with Crippen molar-refractivity contribution in [1.82, 2.24) is 15.2 Å². The molecule has 0 aliphatic carbocycles. The third kappa shape index (κ3) is 5.79. The van der Waals surface area contributed by atoms with Crippen LogP contribution in [0.15, 0.2) is 64.5 Å². The topological polar surface area (TPSA) is 45.2 Å². The van der Waals surface area contributed by atoms with Crippen LogP contribution in [0.2, 0.25) is 5.02 Å². The van der Waals surface area contributed by atoms with E-state index in [1.807, 2.05) is 54.6 Å². The zero-order valence-corrected chi connectivity index (χ0v) is 19.4. The van der Waals surface area contributed by atoms with Crippen molar-refractivity contribution >= 4 is 40.2 Å². The average Bonchev–Trinajstić information content (AvgIpc) is 2.78. The quantitative estimate of drug-likeness (QED) is 0.443. The van der Waals surface area contributed by atoms with Gasteiger partial charge in [0, 0.05) is 34.4 Å². The number of piperidine rings is 1. The third-order valence-corrected chi connectivity index (χ3v) is 7.00. The molecule has 4 nitrogen and oxygen atoms in total. The lowest BCUT2D eigenvalue weighted by atomic mass is 10.0. The first-order valence-corrected chi connectivity index (χ1v) is 12.1. The van der Waals surface area contributed by atoms with Gasteiger partial charge in [-0.25, -0.2) is 4.98 Å². The molecule has 0 bridgehead atoms. The van der Waals surface area contributed by atoms with E-state index in [4.69, 9.17) is 16.6 Å². The number of aromatic nitrogens is 1. The van der Waals surface area contributed by atoms with E-state index in [0.29, 0.717) is 23.2 Å². The monoisotopic (exact) mass is 453 g/mol. The van der Waals surface area contributed by atoms with Crippen LogP contribution in [0.4, 0.5) is 0 Å². The molecule has 1 aliphatic heterocycles. The van der Waals surface area contributed by atoms with Gasteiger partial charge < -0.3 is 10.2 Å². The summed E-state index contributed by atoms with van der Waals surface area (Å²) in [5.41, 5.74) is 1.50. The number of benzene rings is 2. The Morgan fingerprint density at radius 2 is 2.00 bits per heavy atom. The molecular weight excluding hydrogens is 426 g/mol. The molecule has 0 saturated carbocycles. The van der Waals surface area contributed by atoms with Crippen LogP contribution in [-0.4, -0.2) is 41.5 Å². The van der Waals surface area contributed by atoms with Crippen molar-refractivity contribution in [2.75, 3.05) is 19.6 Å². The Bertz CT molecular complexity index is 1040. The van der Waals surface area contributed by atoms with E-state index in [9.17, 15) is 4.79 Å². The summed E-state index contributed by atoms with van der Waals surface area (Å²) in [5.74, 6) is -0.0387. The first-order chi connectivity index (χ1) is 15.1. The largest absolute Gasteiger partial charge is 0.352 e. The van der Waals surface area contributed by atoms with Crippen LogP contribution in [0.3, 0.4) is 0 Å². The van der Waals surface area contributed by atoms with Crippen LogP contribution < -0.4 is 5.32 Å². The van der Waals surface area contributed by atoms with Gasteiger partial charge in [0.2, 0.25) is 0 Å². The number of para-hydroxylation sites is 1. The number of carbonyl (C=O) groups excluding carboxylic acids is 1. The molecule has 0 spiro atoms. The van der Waals surface area contributed by atoms with Crippen LogP contribution in [0.1, 0.15) is 43.0 Å².